The molecule has 0 aromatic heterocycles. The van der Waals surface area contributed by atoms with Crippen molar-refractivity contribution in [2.75, 3.05) is 18.6 Å². The molecular formula is C12H13NO2. The number of hydrogen-bond donors (Lipinski definition) is 0. The van der Waals surface area contributed by atoms with Gasteiger partial charge in [-0.3, -0.25) is 4.79 Å². The lowest BCUT2D eigenvalue weighted by Gasteiger charge is -2.25. The molecule has 0 aliphatic carbocycles. The molecule has 0 atom stereocenters. The number of fused-ring (bicyclic) bond motifs is 1. The number of benzene rings is 1. The fourth-order valence-corrected chi connectivity index (χ4v) is 1.69. The zero-order valence-electron chi connectivity index (χ0n) is 8.64. The molecule has 1 aliphatic rings. The van der Waals surface area contributed by atoms with E-state index in [2.05, 4.69) is 10.8 Å². The smallest absolute Gasteiger partial charge is 0.325 e. The van der Waals surface area contributed by atoms with E-state index in [4.69, 9.17) is 0 Å². The second-order valence-electron chi connectivity index (χ2n) is 3.42. The summed E-state index contributed by atoms with van der Waals surface area (Å²) in [5.74, 6) is -0.226. The van der Waals surface area contributed by atoms with Gasteiger partial charge in [0.15, 0.2) is 0 Å². The molecule has 3 nitrogen and oxygen atoms in total. The third kappa shape index (κ3) is 2.01. The van der Waals surface area contributed by atoms with Crippen LogP contribution in [0.3, 0.4) is 0 Å². The van der Waals surface area contributed by atoms with Crippen LogP contribution in [0.2, 0.25) is 0 Å². The minimum absolute atomic E-state index is 0.226. The van der Waals surface area contributed by atoms with Gasteiger partial charge >= 0.3 is 5.97 Å². The van der Waals surface area contributed by atoms with E-state index in [0.717, 1.165) is 12.1 Å². The summed E-state index contributed by atoms with van der Waals surface area (Å²) in [4.78, 5) is 13.1. The first-order valence-corrected chi connectivity index (χ1v) is 4.89. The number of carbonyl (C=O) groups is 1. The van der Waals surface area contributed by atoms with Crippen molar-refractivity contribution in [2.24, 2.45) is 0 Å². The molecule has 0 spiro atoms. The van der Waals surface area contributed by atoms with E-state index in [9.17, 15) is 4.79 Å². The minimum atomic E-state index is -0.226. The number of allylic oxidation sites excluding steroid dienone is 1. The maximum atomic E-state index is 11.2. The molecule has 0 radical (unpaired) electrons. The standard InChI is InChI=1S/C12H13NO2/c1-15-12(14)9-13-8-4-6-10-5-2-3-7-11(10)13/h2-5,7-8H,6,9H2,1H3. The van der Waals surface area contributed by atoms with Crippen LogP contribution in [-0.2, 0) is 16.0 Å². The van der Waals surface area contributed by atoms with Crippen molar-refractivity contribution in [3.05, 3.63) is 42.1 Å². The van der Waals surface area contributed by atoms with Gasteiger partial charge in [-0.2, -0.15) is 0 Å². The summed E-state index contributed by atoms with van der Waals surface area (Å²) in [6, 6.07) is 8.07. The first kappa shape index (κ1) is 9.77. The van der Waals surface area contributed by atoms with Crippen molar-refractivity contribution in [1.29, 1.82) is 0 Å². The van der Waals surface area contributed by atoms with Gasteiger partial charge in [0.25, 0.3) is 0 Å². The molecule has 1 aromatic rings. The van der Waals surface area contributed by atoms with E-state index >= 15 is 0 Å². The summed E-state index contributed by atoms with van der Waals surface area (Å²) < 4.78 is 4.65. The SMILES string of the molecule is COC(=O)CN1C=CCc2ccccc21. The number of carbonyl (C=O) groups excluding carboxylic acids is 1. The predicted octanol–water partition coefficient (Wildman–Crippen LogP) is 1.74. The van der Waals surface area contributed by atoms with Crippen LogP contribution < -0.4 is 4.90 Å². The van der Waals surface area contributed by atoms with E-state index in [1.807, 2.05) is 35.4 Å². The first-order valence-electron chi connectivity index (χ1n) is 4.89. The molecule has 0 bridgehead atoms. The third-order valence-electron chi connectivity index (χ3n) is 2.45. The van der Waals surface area contributed by atoms with Crippen molar-refractivity contribution >= 4 is 11.7 Å². The number of rotatable bonds is 2. The van der Waals surface area contributed by atoms with Crippen LogP contribution in [0, 0.1) is 0 Å². The first-order chi connectivity index (χ1) is 7.31. The van der Waals surface area contributed by atoms with Crippen molar-refractivity contribution in [3.63, 3.8) is 0 Å². The fourth-order valence-electron chi connectivity index (χ4n) is 1.69. The molecular weight excluding hydrogens is 190 g/mol. The van der Waals surface area contributed by atoms with E-state index < -0.39 is 0 Å². The normalized spacial score (nSPS) is 13.5. The number of anilines is 1. The highest BCUT2D eigenvalue weighted by molar-refractivity contribution is 5.77. The Bertz CT molecular complexity index is 398. The van der Waals surface area contributed by atoms with Crippen LogP contribution in [0.25, 0.3) is 0 Å². The Kier molecular flexibility index (Phi) is 2.72. The molecule has 0 saturated carbocycles. The van der Waals surface area contributed by atoms with Crippen molar-refractivity contribution < 1.29 is 9.53 Å². The Hall–Kier alpha value is -1.77. The van der Waals surface area contributed by atoms with Crippen LogP contribution >= 0.6 is 0 Å². The van der Waals surface area contributed by atoms with E-state index in [0.29, 0.717) is 0 Å². The highest BCUT2D eigenvalue weighted by atomic mass is 16.5. The molecule has 2 rings (SSSR count). The maximum absolute atomic E-state index is 11.2. The van der Waals surface area contributed by atoms with Gasteiger partial charge in [-0.1, -0.05) is 24.3 Å². The lowest BCUT2D eigenvalue weighted by Crippen LogP contribution is -2.27. The molecule has 0 amide bonds. The minimum Gasteiger partial charge on any atom is -0.468 e. The number of nitrogens with zero attached hydrogens (tertiary/aromatic N) is 1. The molecule has 78 valence electrons. The predicted molar refractivity (Wildman–Crippen MR) is 58.6 cm³/mol. The van der Waals surface area contributed by atoms with Gasteiger partial charge in [-0.25, -0.2) is 0 Å². The van der Waals surface area contributed by atoms with Gasteiger partial charge in [-0.05, 0) is 18.1 Å². The second kappa shape index (κ2) is 4.17. The largest absolute Gasteiger partial charge is 0.468 e. The van der Waals surface area contributed by atoms with E-state index in [1.54, 1.807) is 0 Å². The van der Waals surface area contributed by atoms with Crippen LogP contribution in [0.1, 0.15) is 5.56 Å². The van der Waals surface area contributed by atoms with Crippen molar-refractivity contribution in [2.45, 2.75) is 6.42 Å². The summed E-state index contributed by atoms with van der Waals surface area (Å²) in [5, 5.41) is 0. The summed E-state index contributed by atoms with van der Waals surface area (Å²) in [6.07, 6.45) is 4.90. The number of hydrogen-bond acceptors (Lipinski definition) is 3. The van der Waals surface area contributed by atoms with E-state index in [-0.39, 0.29) is 12.5 Å². The molecule has 1 heterocycles. The summed E-state index contributed by atoms with van der Waals surface area (Å²) in [7, 11) is 1.40. The van der Waals surface area contributed by atoms with Crippen molar-refractivity contribution in [1.82, 2.24) is 0 Å². The number of methoxy groups -OCH3 is 1. The zero-order chi connectivity index (χ0) is 10.7. The fraction of sp³-hybridized carbons (Fsp3) is 0.250. The Balaban J connectivity index is 2.22. The Labute approximate surface area is 89.0 Å². The molecule has 0 N–H and O–H groups in total. The number of ether oxygens (including phenoxy) is 1. The summed E-state index contributed by atoms with van der Waals surface area (Å²) >= 11 is 0. The maximum Gasteiger partial charge on any atom is 0.325 e. The van der Waals surface area contributed by atoms with Gasteiger partial charge in [0.2, 0.25) is 0 Å². The molecule has 0 fully saturated rings. The Morgan fingerprint density at radius 1 is 1.47 bits per heavy atom. The molecule has 3 heteroatoms. The van der Waals surface area contributed by atoms with Crippen molar-refractivity contribution in [3.8, 4) is 0 Å². The zero-order valence-corrected chi connectivity index (χ0v) is 8.64. The van der Waals surface area contributed by atoms with Crippen LogP contribution in [0.4, 0.5) is 5.69 Å². The van der Waals surface area contributed by atoms with Gasteiger partial charge < -0.3 is 9.64 Å². The lowest BCUT2D eigenvalue weighted by molar-refractivity contribution is -0.138. The molecule has 1 aromatic carbocycles. The van der Waals surface area contributed by atoms with Gasteiger partial charge in [-0.15, -0.1) is 0 Å². The number of para-hydroxylation sites is 1. The summed E-state index contributed by atoms with van der Waals surface area (Å²) in [5.41, 5.74) is 2.33. The van der Waals surface area contributed by atoms with Gasteiger partial charge in [0, 0.05) is 11.9 Å². The second-order valence-corrected chi connectivity index (χ2v) is 3.42. The highest BCUT2D eigenvalue weighted by Gasteiger charge is 2.14. The van der Waals surface area contributed by atoms with Gasteiger partial charge in [0.1, 0.15) is 6.54 Å². The Morgan fingerprint density at radius 2 is 2.27 bits per heavy atom. The van der Waals surface area contributed by atoms with E-state index in [1.165, 1.54) is 12.7 Å². The molecule has 1 aliphatic heterocycles. The van der Waals surface area contributed by atoms with Gasteiger partial charge in [0.05, 0.1) is 7.11 Å². The topological polar surface area (TPSA) is 29.5 Å². The average molecular weight is 203 g/mol. The number of esters is 1. The van der Waals surface area contributed by atoms with Crippen LogP contribution in [0.5, 0.6) is 0 Å². The highest BCUT2D eigenvalue weighted by Crippen LogP contribution is 2.24. The van der Waals surface area contributed by atoms with Crippen LogP contribution in [0.15, 0.2) is 36.5 Å². The third-order valence-corrected chi connectivity index (χ3v) is 2.45. The lowest BCUT2D eigenvalue weighted by atomic mass is 10.1. The molecule has 0 saturated heterocycles. The van der Waals surface area contributed by atoms with Crippen LogP contribution in [-0.4, -0.2) is 19.6 Å². The molecule has 0 unspecified atom stereocenters. The molecule has 15 heavy (non-hydrogen) atoms. The Morgan fingerprint density at radius 3 is 3.07 bits per heavy atom. The quantitative estimate of drug-likeness (QED) is 0.686. The summed E-state index contributed by atoms with van der Waals surface area (Å²) in [6.45, 7) is 0.268. The average Bonchev–Trinajstić information content (AvgIpc) is 2.29. The monoisotopic (exact) mass is 203 g/mol.